The van der Waals surface area contributed by atoms with Crippen LogP contribution < -0.4 is 4.74 Å². The predicted octanol–water partition coefficient (Wildman–Crippen LogP) is 7.16. The molecule has 1 aromatic carbocycles. The van der Waals surface area contributed by atoms with Crippen LogP contribution in [0.1, 0.15) is 5.56 Å². The van der Waals surface area contributed by atoms with Gasteiger partial charge in [0.1, 0.15) is 5.75 Å². The molecule has 18 heteroatoms. The maximum atomic E-state index is 14.0. The van der Waals surface area contributed by atoms with Gasteiger partial charge in [-0.05, 0) is 12.1 Å². The average molecular weight is 526 g/mol. The van der Waals surface area contributed by atoms with Crippen molar-refractivity contribution in [1.82, 2.24) is 0 Å². The summed E-state index contributed by atoms with van der Waals surface area (Å²) in [6.45, 7) is 0. The molecule has 0 atom stereocenters. The van der Waals surface area contributed by atoms with Crippen LogP contribution in [0.4, 0.5) is 74.6 Å². The Morgan fingerprint density at radius 3 is 1.24 bits per heavy atom. The molecule has 0 heterocycles. The Morgan fingerprint density at radius 2 is 0.879 bits per heavy atom. The molecule has 0 N–H and O–H groups in total. The van der Waals surface area contributed by atoms with Gasteiger partial charge >= 0.3 is 47.6 Å². The van der Waals surface area contributed by atoms with Crippen molar-refractivity contribution in [2.24, 2.45) is 0 Å². The molecule has 1 nitrogen and oxygen atoms in total. The Balaban J connectivity index is 3.72. The van der Waals surface area contributed by atoms with Crippen molar-refractivity contribution in [2.75, 3.05) is 7.11 Å². The highest BCUT2D eigenvalue weighted by molar-refractivity contribution is 5.33. The first-order valence-corrected chi connectivity index (χ1v) is 7.65. The molecule has 0 aliphatic heterocycles. The molecule has 1 rings (SSSR count). The van der Waals surface area contributed by atoms with Crippen molar-refractivity contribution in [3.63, 3.8) is 0 Å². The van der Waals surface area contributed by atoms with Gasteiger partial charge < -0.3 is 4.74 Å². The second kappa shape index (κ2) is 7.68. The van der Waals surface area contributed by atoms with Gasteiger partial charge in [0.2, 0.25) is 0 Å². The fraction of sp³-hybridized carbons (Fsp3) is 0.600. The maximum absolute atomic E-state index is 14.0. The van der Waals surface area contributed by atoms with Crippen molar-refractivity contribution < 1.29 is 79.4 Å². The molecule has 0 radical (unpaired) electrons. The highest BCUT2D eigenvalue weighted by atomic mass is 19.4. The Kier molecular flexibility index (Phi) is 6.71. The molecule has 0 amide bonds. The molecular formula is C15H7F17O. The SMILES string of the molecule is COc1cccc(C(F)(F)C(F)(F)C(F)(F)C(F)(F)C(F)(F)C(F)(F)C(F)(F)C(F)(F)F)c1. The van der Waals surface area contributed by atoms with Crippen molar-refractivity contribution >= 4 is 0 Å². The van der Waals surface area contributed by atoms with E-state index in [2.05, 4.69) is 4.74 Å². The third kappa shape index (κ3) is 3.72. The number of methoxy groups -OCH3 is 1. The average Bonchev–Trinajstić information content (AvgIpc) is 2.66. The van der Waals surface area contributed by atoms with Gasteiger partial charge in [-0.15, -0.1) is 0 Å². The summed E-state index contributed by atoms with van der Waals surface area (Å²) in [6, 6.07) is 0.779. The van der Waals surface area contributed by atoms with Crippen LogP contribution in [-0.2, 0) is 5.92 Å². The van der Waals surface area contributed by atoms with Crippen LogP contribution in [0.5, 0.6) is 5.75 Å². The van der Waals surface area contributed by atoms with Crippen LogP contribution in [0.3, 0.4) is 0 Å². The summed E-state index contributed by atoms with van der Waals surface area (Å²) in [4.78, 5) is 0. The summed E-state index contributed by atoms with van der Waals surface area (Å²) < 4.78 is 229. The first kappa shape index (κ1) is 28.9. The molecule has 192 valence electrons. The molecule has 0 aliphatic carbocycles. The Morgan fingerprint density at radius 1 is 0.515 bits per heavy atom. The minimum Gasteiger partial charge on any atom is -0.497 e. The highest BCUT2D eigenvalue weighted by Gasteiger charge is 2.95. The van der Waals surface area contributed by atoms with Gasteiger partial charge in [-0.2, -0.15) is 74.6 Å². The van der Waals surface area contributed by atoms with Crippen LogP contribution in [0.15, 0.2) is 24.3 Å². The van der Waals surface area contributed by atoms with E-state index in [1.165, 1.54) is 0 Å². The molecule has 0 aromatic heterocycles. The smallest absolute Gasteiger partial charge is 0.460 e. The lowest BCUT2D eigenvalue weighted by Gasteiger charge is -2.42. The van der Waals surface area contributed by atoms with E-state index in [1.54, 1.807) is 0 Å². The molecule has 0 spiro atoms. The van der Waals surface area contributed by atoms with Crippen LogP contribution in [0, 0.1) is 0 Å². The fourth-order valence-corrected chi connectivity index (χ4v) is 2.16. The topological polar surface area (TPSA) is 9.23 Å². The standard InChI is InChI=1S/C15H7F17O/c1-33-7-4-2-3-6(5-7)8(16,17)9(18,19)10(20,21)11(22,23)12(24,25)13(26,27)14(28,29)15(30,31)32/h2-5H,1H3. The molecule has 1 aromatic rings. The van der Waals surface area contributed by atoms with Crippen molar-refractivity contribution in [3.05, 3.63) is 29.8 Å². The number of ether oxygens (including phenoxy) is 1. The minimum atomic E-state index is -8.64. The molecule has 0 saturated carbocycles. The number of hydrogen-bond acceptors (Lipinski definition) is 1. The Labute approximate surface area is 171 Å². The zero-order valence-electron chi connectivity index (χ0n) is 15.1. The van der Waals surface area contributed by atoms with Crippen molar-refractivity contribution in [1.29, 1.82) is 0 Å². The maximum Gasteiger partial charge on any atom is 0.460 e. The lowest BCUT2D eigenvalue weighted by molar-refractivity contribution is -0.462. The van der Waals surface area contributed by atoms with Gasteiger partial charge in [0, 0.05) is 5.56 Å². The quantitative estimate of drug-likeness (QED) is 0.327. The molecule has 0 saturated heterocycles. The fourth-order valence-electron chi connectivity index (χ4n) is 2.16. The van der Waals surface area contributed by atoms with E-state index in [0.717, 1.165) is 6.07 Å². The van der Waals surface area contributed by atoms with Crippen LogP contribution in [0.2, 0.25) is 0 Å². The summed E-state index contributed by atoms with van der Waals surface area (Å²) in [5.41, 5.74) is -2.32. The molecule has 0 fully saturated rings. The predicted molar refractivity (Wildman–Crippen MR) is 72.6 cm³/mol. The van der Waals surface area contributed by atoms with E-state index in [-0.39, 0.29) is 12.1 Å². The van der Waals surface area contributed by atoms with E-state index in [9.17, 15) is 74.6 Å². The van der Waals surface area contributed by atoms with E-state index in [0.29, 0.717) is 13.2 Å². The van der Waals surface area contributed by atoms with Gasteiger partial charge in [-0.25, -0.2) is 0 Å². The molecule has 0 unspecified atom stereocenters. The number of benzene rings is 1. The van der Waals surface area contributed by atoms with E-state index < -0.39 is 58.9 Å². The second-order valence-electron chi connectivity index (χ2n) is 6.25. The monoisotopic (exact) mass is 526 g/mol. The van der Waals surface area contributed by atoms with Crippen molar-refractivity contribution in [3.8, 4) is 5.75 Å². The lowest BCUT2D eigenvalue weighted by Crippen LogP contribution is -2.74. The zero-order valence-corrected chi connectivity index (χ0v) is 15.1. The van der Waals surface area contributed by atoms with Crippen LogP contribution in [0.25, 0.3) is 0 Å². The van der Waals surface area contributed by atoms with Gasteiger partial charge in [0.25, 0.3) is 0 Å². The summed E-state index contributed by atoms with van der Waals surface area (Å²) in [5.74, 6) is -57.4. The highest BCUT2D eigenvalue weighted by Crippen LogP contribution is 2.65. The minimum absolute atomic E-state index is 0.144. The normalized spacial score (nSPS) is 15.6. The third-order valence-corrected chi connectivity index (χ3v) is 4.15. The van der Waals surface area contributed by atoms with Gasteiger partial charge in [-0.1, -0.05) is 12.1 Å². The third-order valence-electron chi connectivity index (χ3n) is 4.15. The summed E-state index contributed by atoms with van der Waals surface area (Å²) in [5, 5.41) is 0. The first-order valence-electron chi connectivity index (χ1n) is 7.65. The number of alkyl halides is 17. The molecule has 0 bridgehead atoms. The molecule has 0 aliphatic rings. The van der Waals surface area contributed by atoms with E-state index in [1.807, 2.05) is 0 Å². The zero-order chi connectivity index (χ0) is 26.7. The van der Waals surface area contributed by atoms with Crippen molar-refractivity contribution in [2.45, 2.75) is 47.6 Å². The van der Waals surface area contributed by atoms with Crippen LogP contribution >= 0.6 is 0 Å². The first-order chi connectivity index (χ1) is 14.3. The van der Waals surface area contributed by atoms with Crippen LogP contribution in [-0.4, -0.2) is 48.8 Å². The number of rotatable bonds is 8. The van der Waals surface area contributed by atoms with E-state index in [4.69, 9.17) is 0 Å². The summed E-state index contributed by atoms with van der Waals surface area (Å²) in [7, 11) is 0.710. The Hall–Kier alpha value is -2.17. The molecule has 33 heavy (non-hydrogen) atoms. The number of hydrogen-bond donors (Lipinski definition) is 0. The molecular weight excluding hydrogens is 519 g/mol. The number of halogens is 17. The second-order valence-corrected chi connectivity index (χ2v) is 6.25. The largest absolute Gasteiger partial charge is 0.497 e. The lowest BCUT2D eigenvalue weighted by atomic mass is 9.87. The summed E-state index contributed by atoms with van der Waals surface area (Å²) in [6.07, 6.45) is -7.78. The van der Waals surface area contributed by atoms with Gasteiger partial charge in [-0.3, -0.25) is 0 Å². The summed E-state index contributed by atoms with van der Waals surface area (Å²) >= 11 is 0. The van der Waals surface area contributed by atoms with Gasteiger partial charge in [0.15, 0.2) is 0 Å². The van der Waals surface area contributed by atoms with E-state index >= 15 is 0 Å². The Bertz CT molecular complexity index is 854. The van der Waals surface area contributed by atoms with Gasteiger partial charge in [0.05, 0.1) is 7.11 Å².